The van der Waals surface area contributed by atoms with E-state index in [-0.39, 0.29) is 66.3 Å². The zero-order valence-corrected chi connectivity index (χ0v) is 15.4. The quantitative estimate of drug-likeness (QED) is 0.519. The van der Waals surface area contributed by atoms with Crippen LogP contribution in [0, 0.1) is 23.7 Å². The molecule has 6 fully saturated rings. The van der Waals surface area contributed by atoms with Crippen LogP contribution < -0.4 is 10.6 Å². The molecule has 148 valence electrons. The molecule has 0 spiro atoms. The van der Waals surface area contributed by atoms with Gasteiger partial charge in [0.15, 0.2) is 0 Å². The van der Waals surface area contributed by atoms with Gasteiger partial charge in [0.1, 0.15) is 6.10 Å². The molecule has 3 N–H and O–H groups in total. The van der Waals surface area contributed by atoms with Crippen molar-refractivity contribution in [1.82, 2.24) is 10.6 Å². The largest absolute Gasteiger partial charge is 0.393 e. The van der Waals surface area contributed by atoms with E-state index < -0.39 is 5.92 Å². The number of aliphatic hydroxyl groups is 1. The van der Waals surface area contributed by atoms with Crippen LogP contribution in [0.1, 0.15) is 44.9 Å². The van der Waals surface area contributed by atoms with E-state index in [1.165, 1.54) is 0 Å². The number of ether oxygens (including phenoxy) is 2. The summed E-state index contributed by atoms with van der Waals surface area (Å²) in [5.41, 5.74) is 0. The van der Waals surface area contributed by atoms with Gasteiger partial charge in [-0.15, -0.1) is 0 Å². The average Bonchev–Trinajstić information content (AvgIpc) is 3.17. The fourth-order valence-electron chi connectivity index (χ4n) is 7.14. The summed E-state index contributed by atoms with van der Waals surface area (Å²) in [7, 11) is 0. The number of carbonyl (C=O) groups is 2. The van der Waals surface area contributed by atoms with E-state index in [1.54, 1.807) is 0 Å². The van der Waals surface area contributed by atoms with Gasteiger partial charge < -0.3 is 19.9 Å². The number of amides is 2. The third-order valence-electron chi connectivity index (χ3n) is 8.18. The molecule has 0 aromatic carbocycles. The highest BCUT2D eigenvalue weighted by atomic mass is 16.6. The zero-order chi connectivity index (χ0) is 18.3. The van der Waals surface area contributed by atoms with Gasteiger partial charge in [0, 0.05) is 12.1 Å². The van der Waals surface area contributed by atoms with Crippen molar-refractivity contribution in [3.05, 3.63) is 0 Å². The predicted molar refractivity (Wildman–Crippen MR) is 93.5 cm³/mol. The lowest BCUT2D eigenvalue weighted by Gasteiger charge is -2.52. The van der Waals surface area contributed by atoms with Gasteiger partial charge in [-0.1, -0.05) is 12.8 Å². The number of aliphatic hydroxyl groups excluding tert-OH is 1. The second-order valence-electron chi connectivity index (χ2n) is 9.47. The van der Waals surface area contributed by atoms with Crippen LogP contribution in [-0.4, -0.2) is 59.5 Å². The first-order valence-corrected chi connectivity index (χ1v) is 10.7. The van der Waals surface area contributed by atoms with Crippen molar-refractivity contribution in [2.75, 3.05) is 0 Å². The molecule has 6 rings (SSSR count). The molecule has 7 heteroatoms. The highest BCUT2D eigenvalue weighted by Gasteiger charge is 2.67. The molecule has 6 aliphatic rings. The van der Waals surface area contributed by atoms with Gasteiger partial charge in [-0.05, 0) is 43.9 Å². The molecule has 3 saturated carbocycles. The Hall–Kier alpha value is -1.02. The molecule has 3 aliphatic heterocycles. The van der Waals surface area contributed by atoms with Gasteiger partial charge in [0.25, 0.3) is 0 Å². The molecule has 0 aromatic rings. The minimum Gasteiger partial charge on any atom is -0.393 e. The third kappa shape index (κ3) is 2.35. The lowest BCUT2D eigenvalue weighted by atomic mass is 9.62. The fraction of sp³-hybridized carbons (Fsp3) is 0.900. The number of hydrogen-bond acceptors (Lipinski definition) is 6. The molecular weight excluding hydrogens is 348 g/mol. The molecule has 11 atom stereocenters. The fourth-order valence-corrected chi connectivity index (χ4v) is 7.14. The van der Waals surface area contributed by atoms with Gasteiger partial charge in [0.2, 0.25) is 11.8 Å². The molecule has 0 radical (unpaired) electrons. The normalized spacial score (nSPS) is 56.4. The lowest BCUT2D eigenvalue weighted by molar-refractivity contribution is -0.265. The maximum Gasteiger partial charge on any atom is 0.233 e. The Balaban J connectivity index is 1.38. The van der Waals surface area contributed by atoms with Crippen molar-refractivity contribution in [2.45, 2.75) is 87.5 Å². The van der Waals surface area contributed by atoms with Crippen LogP contribution in [0.15, 0.2) is 0 Å². The molecule has 11 unspecified atom stereocenters. The standard InChI is InChI=1S/C20H28N2O5/c23-8-5-6-9-10(7-8)21-16-13(9)14-15(20(25)22-19(14)24)17-18(16)27-12-4-2-1-3-11(12)26-17/h8-18,21,23H,1-7H2,(H,22,24,25). The molecule has 3 heterocycles. The molecule has 2 amide bonds. The number of fused-ring (bicyclic) bond motifs is 9. The molecule has 3 saturated heterocycles. The summed E-state index contributed by atoms with van der Waals surface area (Å²) in [5.74, 6) is -0.679. The Morgan fingerprint density at radius 3 is 2.37 bits per heavy atom. The van der Waals surface area contributed by atoms with Crippen LogP contribution in [0.3, 0.4) is 0 Å². The molecule has 3 aliphatic carbocycles. The number of carbonyl (C=O) groups excluding carboxylic acids is 2. The van der Waals surface area contributed by atoms with Crippen molar-refractivity contribution in [3.8, 4) is 0 Å². The highest BCUT2D eigenvalue weighted by molar-refractivity contribution is 6.05. The minimum atomic E-state index is -0.431. The van der Waals surface area contributed by atoms with E-state index >= 15 is 0 Å². The topological polar surface area (TPSA) is 96.9 Å². The van der Waals surface area contributed by atoms with Crippen LogP contribution in [-0.2, 0) is 19.1 Å². The van der Waals surface area contributed by atoms with Crippen LogP contribution in [0.2, 0.25) is 0 Å². The summed E-state index contributed by atoms with van der Waals surface area (Å²) in [4.78, 5) is 25.5. The first-order chi connectivity index (χ1) is 13.1. The van der Waals surface area contributed by atoms with E-state index in [2.05, 4.69) is 10.6 Å². The SMILES string of the molecule is O=C1NC(=O)C2C1C1OC3CCCCC3OC1C1NC3CC(O)CCC3C12. The maximum absolute atomic E-state index is 12.8. The maximum atomic E-state index is 12.8. The van der Waals surface area contributed by atoms with E-state index in [4.69, 9.17) is 9.47 Å². The van der Waals surface area contributed by atoms with Gasteiger partial charge in [-0.2, -0.15) is 0 Å². The van der Waals surface area contributed by atoms with E-state index in [0.29, 0.717) is 5.92 Å². The smallest absolute Gasteiger partial charge is 0.233 e. The van der Waals surface area contributed by atoms with Crippen LogP contribution in [0.4, 0.5) is 0 Å². The Morgan fingerprint density at radius 2 is 1.59 bits per heavy atom. The Kier molecular flexibility index (Phi) is 3.75. The summed E-state index contributed by atoms with van der Waals surface area (Å²) in [5, 5.41) is 16.4. The number of hydrogen-bond donors (Lipinski definition) is 3. The van der Waals surface area contributed by atoms with Gasteiger partial charge in [-0.25, -0.2) is 0 Å². The molecule has 0 bridgehead atoms. The Morgan fingerprint density at radius 1 is 0.889 bits per heavy atom. The highest BCUT2D eigenvalue weighted by Crippen LogP contribution is 2.53. The van der Waals surface area contributed by atoms with Crippen LogP contribution >= 0.6 is 0 Å². The second kappa shape index (κ2) is 5.99. The number of imide groups is 1. The lowest BCUT2D eigenvalue weighted by Crippen LogP contribution is -2.66. The van der Waals surface area contributed by atoms with E-state index in [0.717, 1.165) is 44.9 Å². The Labute approximate surface area is 158 Å². The third-order valence-corrected chi connectivity index (χ3v) is 8.18. The molecule has 7 nitrogen and oxygen atoms in total. The number of rotatable bonds is 0. The summed E-state index contributed by atoms with van der Waals surface area (Å²) >= 11 is 0. The molecular formula is C20H28N2O5. The summed E-state index contributed by atoms with van der Waals surface area (Å²) < 4.78 is 13.1. The first kappa shape index (κ1) is 16.9. The van der Waals surface area contributed by atoms with Crippen molar-refractivity contribution in [1.29, 1.82) is 0 Å². The van der Waals surface area contributed by atoms with Crippen molar-refractivity contribution in [2.24, 2.45) is 23.7 Å². The number of nitrogens with one attached hydrogen (secondary N) is 2. The second-order valence-corrected chi connectivity index (χ2v) is 9.47. The summed E-state index contributed by atoms with van der Waals surface area (Å²) in [6.07, 6.45) is 6.00. The van der Waals surface area contributed by atoms with Crippen molar-refractivity contribution < 1.29 is 24.2 Å². The van der Waals surface area contributed by atoms with Gasteiger partial charge in [-0.3, -0.25) is 14.9 Å². The summed E-state index contributed by atoms with van der Waals surface area (Å²) in [6.45, 7) is 0. The van der Waals surface area contributed by atoms with Crippen molar-refractivity contribution >= 4 is 11.8 Å². The Bertz CT molecular complexity index is 671. The first-order valence-electron chi connectivity index (χ1n) is 10.7. The van der Waals surface area contributed by atoms with Crippen LogP contribution in [0.5, 0.6) is 0 Å². The minimum absolute atomic E-state index is 0.0241. The average molecular weight is 376 g/mol. The summed E-state index contributed by atoms with van der Waals surface area (Å²) in [6, 6.07) is 0.218. The monoisotopic (exact) mass is 376 g/mol. The van der Waals surface area contributed by atoms with Gasteiger partial charge >= 0.3 is 0 Å². The predicted octanol–water partition coefficient (Wildman–Crippen LogP) is 0.102. The van der Waals surface area contributed by atoms with Crippen molar-refractivity contribution in [3.63, 3.8) is 0 Å². The van der Waals surface area contributed by atoms with E-state index in [9.17, 15) is 14.7 Å². The molecule has 0 aromatic heterocycles. The molecule has 27 heavy (non-hydrogen) atoms. The zero-order valence-electron chi connectivity index (χ0n) is 15.4. The van der Waals surface area contributed by atoms with Crippen LogP contribution in [0.25, 0.3) is 0 Å². The van der Waals surface area contributed by atoms with Gasteiger partial charge in [0.05, 0.1) is 36.3 Å². The van der Waals surface area contributed by atoms with E-state index in [1.807, 2.05) is 0 Å².